The number of carbonyl (C=O) groups excluding carboxylic acids is 1. The van der Waals surface area contributed by atoms with Crippen LogP contribution in [-0.4, -0.2) is 5.78 Å². The zero-order chi connectivity index (χ0) is 9.52. The van der Waals surface area contributed by atoms with Crippen LogP contribution in [0.2, 0.25) is 0 Å². The molecule has 0 heterocycles. The second-order valence-electron chi connectivity index (χ2n) is 3.89. The fourth-order valence-electron chi connectivity index (χ4n) is 1.93. The Kier molecular flexibility index (Phi) is 4.81. The molecule has 1 unspecified atom stereocenters. The second-order valence-corrected chi connectivity index (χ2v) is 3.89. The van der Waals surface area contributed by atoms with Gasteiger partial charge in [0.15, 0.2) is 0 Å². The average Bonchev–Trinajstić information content (AvgIpc) is 2.03. The highest BCUT2D eigenvalue weighted by Crippen LogP contribution is 2.21. The van der Waals surface area contributed by atoms with E-state index in [9.17, 15) is 4.79 Å². The Balaban J connectivity index is 2.38. The van der Waals surface area contributed by atoms with Crippen molar-refractivity contribution in [1.29, 1.82) is 0 Å². The minimum absolute atomic E-state index is 0.366. The summed E-state index contributed by atoms with van der Waals surface area (Å²) in [6, 6.07) is 0. The van der Waals surface area contributed by atoms with Crippen LogP contribution < -0.4 is 0 Å². The van der Waals surface area contributed by atoms with Crippen LogP contribution in [0.25, 0.3) is 0 Å². The molecule has 0 spiro atoms. The second kappa shape index (κ2) is 5.95. The van der Waals surface area contributed by atoms with Crippen LogP contribution in [0, 0.1) is 5.92 Å². The van der Waals surface area contributed by atoms with E-state index in [2.05, 4.69) is 19.1 Å². The van der Waals surface area contributed by atoms with Gasteiger partial charge in [-0.15, -0.1) is 0 Å². The number of Topliss-reactive ketones (excluding diaryl/α,β-unsaturated/α-hetero) is 1. The Morgan fingerprint density at radius 2 is 2.08 bits per heavy atom. The minimum Gasteiger partial charge on any atom is -0.299 e. The maximum Gasteiger partial charge on any atom is 0.135 e. The van der Waals surface area contributed by atoms with E-state index in [1.54, 1.807) is 0 Å². The number of rotatable bonds is 3. The van der Waals surface area contributed by atoms with Crippen molar-refractivity contribution in [3.63, 3.8) is 0 Å². The van der Waals surface area contributed by atoms with E-state index in [4.69, 9.17) is 0 Å². The van der Waals surface area contributed by atoms with Crippen molar-refractivity contribution in [1.82, 2.24) is 0 Å². The lowest BCUT2D eigenvalue weighted by molar-refractivity contribution is -0.123. The highest BCUT2D eigenvalue weighted by Gasteiger charge is 2.16. The molecule has 0 saturated heterocycles. The molecule has 1 nitrogen and oxygen atoms in total. The standard InChI is InChI=1S/C12H20O/c1-2-8-12(13)11-9-6-4-3-5-7-10-11/h3-4,11H,2,5-10H2,1H3/b4-3-. The Morgan fingerprint density at radius 3 is 2.85 bits per heavy atom. The van der Waals surface area contributed by atoms with Gasteiger partial charge in [0.05, 0.1) is 0 Å². The van der Waals surface area contributed by atoms with Crippen LogP contribution in [0.4, 0.5) is 0 Å². The maximum atomic E-state index is 11.6. The van der Waals surface area contributed by atoms with Gasteiger partial charge in [-0.3, -0.25) is 4.79 Å². The van der Waals surface area contributed by atoms with E-state index in [0.717, 1.165) is 38.5 Å². The van der Waals surface area contributed by atoms with Crippen LogP contribution in [0.3, 0.4) is 0 Å². The molecular formula is C12H20O. The molecular weight excluding hydrogens is 160 g/mol. The van der Waals surface area contributed by atoms with Crippen molar-refractivity contribution < 1.29 is 4.79 Å². The van der Waals surface area contributed by atoms with Gasteiger partial charge in [0, 0.05) is 12.3 Å². The maximum absolute atomic E-state index is 11.6. The third kappa shape index (κ3) is 3.75. The Bertz CT molecular complexity index is 182. The first-order valence-corrected chi connectivity index (χ1v) is 5.52. The Morgan fingerprint density at radius 1 is 1.31 bits per heavy atom. The number of allylic oxidation sites excluding steroid dienone is 2. The largest absolute Gasteiger partial charge is 0.299 e. The topological polar surface area (TPSA) is 17.1 Å². The van der Waals surface area contributed by atoms with Gasteiger partial charge in [-0.2, -0.15) is 0 Å². The molecule has 0 aliphatic heterocycles. The first-order chi connectivity index (χ1) is 6.34. The van der Waals surface area contributed by atoms with Crippen molar-refractivity contribution in [3.8, 4) is 0 Å². The highest BCUT2D eigenvalue weighted by atomic mass is 16.1. The normalized spacial score (nSPS) is 26.1. The summed E-state index contributed by atoms with van der Waals surface area (Å²) in [5.74, 6) is 0.864. The smallest absolute Gasteiger partial charge is 0.135 e. The van der Waals surface area contributed by atoms with Crippen molar-refractivity contribution in [2.45, 2.75) is 51.9 Å². The third-order valence-corrected chi connectivity index (χ3v) is 2.72. The number of ketones is 1. The molecule has 13 heavy (non-hydrogen) atoms. The average molecular weight is 180 g/mol. The quantitative estimate of drug-likeness (QED) is 0.607. The summed E-state index contributed by atoms with van der Waals surface area (Å²) in [6.07, 6.45) is 11.9. The molecule has 0 fully saturated rings. The predicted octanol–water partition coefficient (Wildman–Crippen LogP) is 3.49. The molecule has 0 N–H and O–H groups in total. The molecule has 0 bridgehead atoms. The van der Waals surface area contributed by atoms with Gasteiger partial charge in [-0.05, 0) is 38.5 Å². The summed E-state index contributed by atoms with van der Waals surface area (Å²) in [7, 11) is 0. The lowest BCUT2D eigenvalue weighted by Gasteiger charge is -2.15. The van der Waals surface area contributed by atoms with Crippen LogP contribution in [0.15, 0.2) is 12.2 Å². The van der Waals surface area contributed by atoms with Crippen molar-refractivity contribution in [2.75, 3.05) is 0 Å². The first-order valence-electron chi connectivity index (χ1n) is 5.52. The molecule has 1 heteroatoms. The van der Waals surface area contributed by atoms with Gasteiger partial charge < -0.3 is 0 Å². The summed E-state index contributed by atoms with van der Waals surface area (Å²) in [4.78, 5) is 11.6. The van der Waals surface area contributed by atoms with Crippen molar-refractivity contribution >= 4 is 5.78 Å². The van der Waals surface area contributed by atoms with Gasteiger partial charge in [0.25, 0.3) is 0 Å². The van der Waals surface area contributed by atoms with Crippen molar-refractivity contribution in [3.05, 3.63) is 12.2 Å². The molecule has 1 rings (SSSR count). The van der Waals surface area contributed by atoms with Crippen LogP contribution in [0.5, 0.6) is 0 Å². The summed E-state index contributed by atoms with van der Waals surface area (Å²) >= 11 is 0. The van der Waals surface area contributed by atoms with Gasteiger partial charge >= 0.3 is 0 Å². The van der Waals surface area contributed by atoms with Crippen LogP contribution in [0.1, 0.15) is 51.9 Å². The van der Waals surface area contributed by atoms with Crippen molar-refractivity contribution in [2.24, 2.45) is 5.92 Å². The number of hydrogen-bond donors (Lipinski definition) is 0. The van der Waals surface area contributed by atoms with Crippen LogP contribution in [-0.2, 0) is 4.79 Å². The molecule has 0 aromatic carbocycles. The molecule has 1 atom stereocenters. The molecule has 0 radical (unpaired) electrons. The lowest BCUT2D eigenvalue weighted by atomic mass is 9.89. The summed E-state index contributed by atoms with van der Waals surface area (Å²) in [5.41, 5.74) is 0. The molecule has 0 amide bonds. The molecule has 74 valence electrons. The highest BCUT2D eigenvalue weighted by molar-refractivity contribution is 5.80. The minimum atomic E-state index is 0.366. The fourth-order valence-corrected chi connectivity index (χ4v) is 1.93. The lowest BCUT2D eigenvalue weighted by Crippen LogP contribution is -2.14. The molecule has 0 aromatic rings. The van der Waals surface area contributed by atoms with E-state index in [0.29, 0.717) is 11.7 Å². The summed E-state index contributed by atoms with van der Waals surface area (Å²) < 4.78 is 0. The zero-order valence-corrected chi connectivity index (χ0v) is 8.59. The monoisotopic (exact) mass is 180 g/mol. The van der Waals surface area contributed by atoms with Crippen LogP contribution >= 0.6 is 0 Å². The Labute approximate surface area is 81.2 Å². The van der Waals surface area contributed by atoms with Gasteiger partial charge in [-0.1, -0.05) is 19.1 Å². The summed E-state index contributed by atoms with van der Waals surface area (Å²) in [6.45, 7) is 2.08. The molecule has 0 saturated carbocycles. The third-order valence-electron chi connectivity index (χ3n) is 2.72. The fraction of sp³-hybridized carbons (Fsp3) is 0.750. The summed E-state index contributed by atoms with van der Waals surface area (Å²) in [5, 5.41) is 0. The van der Waals surface area contributed by atoms with Gasteiger partial charge in [0.1, 0.15) is 5.78 Å². The van der Waals surface area contributed by atoms with Gasteiger partial charge in [0.2, 0.25) is 0 Å². The molecule has 1 aliphatic rings. The van der Waals surface area contributed by atoms with E-state index in [1.165, 1.54) is 6.42 Å². The van der Waals surface area contributed by atoms with E-state index < -0.39 is 0 Å². The van der Waals surface area contributed by atoms with E-state index in [-0.39, 0.29) is 0 Å². The number of carbonyl (C=O) groups is 1. The zero-order valence-electron chi connectivity index (χ0n) is 8.59. The Hall–Kier alpha value is -0.590. The predicted molar refractivity (Wildman–Crippen MR) is 55.6 cm³/mol. The van der Waals surface area contributed by atoms with E-state index in [1.807, 2.05) is 0 Å². The molecule has 0 aromatic heterocycles. The molecule has 1 aliphatic carbocycles. The number of hydrogen-bond acceptors (Lipinski definition) is 1. The SMILES string of the molecule is CCCC(=O)C1CC/C=C\CCC1. The first kappa shape index (κ1) is 10.5. The van der Waals surface area contributed by atoms with E-state index >= 15 is 0 Å². The van der Waals surface area contributed by atoms with Gasteiger partial charge in [-0.25, -0.2) is 0 Å².